The number of hydrogen-bond donors (Lipinski definition) is 0. The zero-order chi connectivity index (χ0) is 10.1. The summed E-state index contributed by atoms with van der Waals surface area (Å²) in [6, 6.07) is 2.16. The van der Waals surface area contributed by atoms with E-state index in [0.717, 1.165) is 18.4 Å². The molecule has 0 atom stereocenters. The zero-order valence-corrected chi connectivity index (χ0v) is 8.67. The van der Waals surface area contributed by atoms with Crippen molar-refractivity contribution in [3.8, 4) is 6.07 Å². The number of hydrogen-bond acceptors (Lipinski definition) is 1. The van der Waals surface area contributed by atoms with Gasteiger partial charge in [-0.25, -0.2) is 0 Å². The standard InChI is InChI=1S/C12H17N/c1-4-6-7-8-12(10-13)9-11(3)5-2/h6-9H,4-5H2,1-3H3/b7-6+,11-9+,12-8+. The van der Waals surface area contributed by atoms with E-state index in [9.17, 15) is 0 Å². The molecule has 0 aromatic rings. The third-order valence-corrected chi connectivity index (χ3v) is 1.74. The van der Waals surface area contributed by atoms with Gasteiger partial charge in [-0.05, 0) is 31.9 Å². The van der Waals surface area contributed by atoms with Crippen molar-refractivity contribution in [1.29, 1.82) is 5.26 Å². The van der Waals surface area contributed by atoms with E-state index < -0.39 is 0 Å². The van der Waals surface area contributed by atoms with Crippen LogP contribution in [0.4, 0.5) is 0 Å². The lowest BCUT2D eigenvalue weighted by Crippen LogP contribution is -1.75. The van der Waals surface area contributed by atoms with E-state index in [0.29, 0.717) is 0 Å². The largest absolute Gasteiger partial charge is 0.192 e. The molecule has 0 spiro atoms. The van der Waals surface area contributed by atoms with Crippen LogP contribution in [-0.2, 0) is 0 Å². The third-order valence-electron chi connectivity index (χ3n) is 1.74. The summed E-state index contributed by atoms with van der Waals surface area (Å²) in [5.74, 6) is 0. The molecule has 1 nitrogen and oxygen atoms in total. The van der Waals surface area contributed by atoms with Crippen molar-refractivity contribution in [1.82, 2.24) is 0 Å². The molecule has 0 rings (SSSR count). The van der Waals surface area contributed by atoms with Crippen LogP contribution in [0.25, 0.3) is 0 Å². The Morgan fingerprint density at radius 3 is 2.54 bits per heavy atom. The SMILES string of the molecule is CC/C=C/C=C(C#N)\C=C(/C)CC. The van der Waals surface area contributed by atoms with Crippen LogP contribution in [0.5, 0.6) is 0 Å². The van der Waals surface area contributed by atoms with E-state index in [1.807, 2.05) is 31.2 Å². The Morgan fingerprint density at radius 2 is 2.08 bits per heavy atom. The van der Waals surface area contributed by atoms with Crippen LogP contribution in [-0.4, -0.2) is 0 Å². The molecule has 0 radical (unpaired) electrons. The maximum atomic E-state index is 8.77. The average Bonchev–Trinajstić information content (AvgIpc) is 2.16. The predicted molar refractivity (Wildman–Crippen MR) is 57.2 cm³/mol. The van der Waals surface area contributed by atoms with Crippen molar-refractivity contribution in [2.75, 3.05) is 0 Å². The van der Waals surface area contributed by atoms with Gasteiger partial charge in [0.05, 0.1) is 11.6 Å². The Hall–Kier alpha value is -1.29. The van der Waals surface area contributed by atoms with E-state index in [-0.39, 0.29) is 0 Å². The molecule has 0 aromatic carbocycles. The summed E-state index contributed by atoms with van der Waals surface area (Å²) in [4.78, 5) is 0. The molecule has 0 heterocycles. The lowest BCUT2D eigenvalue weighted by atomic mass is 10.1. The fourth-order valence-electron chi connectivity index (χ4n) is 0.793. The van der Waals surface area contributed by atoms with Crippen molar-refractivity contribution >= 4 is 0 Å². The summed E-state index contributed by atoms with van der Waals surface area (Å²) in [5, 5.41) is 8.77. The summed E-state index contributed by atoms with van der Waals surface area (Å²) >= 11 is 0. The smallest absolute Gasteiger partial charge is 0.0991 e. The zero-order valence-electron chi connectivity index (χ0n) is 8.67. The lowest BCUT2D eigenvalue weighted by molar-refractivity contribution is 1.10. The number of nitriles is 1. The van der Waals surface area contributed by atoms with Gasteiger partial charge >= 0.3 is 0 Å². The quantitative estimate of drug-likeness (QED) is 0.471. The Bertz CT molecular complexity index is 261. The highest BCUT2D eigenvalue weighted by molar-refractivity contribution is 5.37. The van der Waals surface area contributed by atoms with E-state index in [2.05, 4.69) is 19.9 Å². The van der Waals surface area contributed by atoms with Crippen molar-refractivity contribution in [2.24, 2.45) is 0 Å². The monoisotopic (exact) mass is 175 g/mol. The van der Waals surface area contributed by atoms with Gasteiger partial charge in [-0.1, -0.05) is 31.6 Å². The average molecular weight is 175 g/mol. The molecule has 70 valence electrons. The molecule has 0 saturated carbocycles. The first-order valence-corrected chi connectivity index (χ1v) is 4.68. The molecule has 0 N–H and O–H groups in total. The second-order valence-corrected chi connectivity index (χ2v) is 2.91. The van der Waals surface area contributed by atoms with Gasteiger partial charge in [0.25, 0.3) is 0 Å². The highest BCUT2D eigenvalue weighted by atomic mass is 14.2. The highest BCUT2D eigenvalue weighted by Crippen LogP contribution is 2.04. The van der Waals surface area contributed by atoms with Crippen molar-refractivity contribution < 1.29 is 0 Å². The van der Waals surface area contributed by atoms with Crippen molar-refractivity contribution in [3.63, 3.8) is 0 Å². The van der Waals surface area contributed by atoms with Crippen LogP contribution in [0, 0.1) is 11.3 Å². The Balaban J connectivity index is 4.45. The predicted octanol–water partition coefficient (Wildman–Crippen LogP) is 3.76. The van der Waals surface area contributed by atoms with Crippen LogP contribution in [0.3, 0.4) is 0 Å². The van der Waals surface area contributed by atoms with Gasteiger partial charge < -0.3 is 0 Å². The summed E-state index contributed by atoms with van der Waals surface area (Å²) in [6.07, 6.45) is 9.75. The van der Waals surface area contributed by atoms with Gasteiger partial charge in [-0.3, -0.25) is 0 Å². The maximum Gasteiger partial charge on any atom is 0.0991 e. The molecule has 0 amide bonds. The van der Waals surface area contributed by atoms with Gasteiger partial charge in [-0.2, -0.15) is 5.26 Å². The number of nitrogens with zero attached hydrogens (tertiary/aromatic N) is 1. The maximum absolute atomic E-state index is 8.77. The molecule has 0 bridgehead atoms. The van der Waals surface area contributed by atoms with Gasteiger partial charge in [0.15, 0.2) is 0 Å². The van der Waals surface area contributed by atoms with Gasteiger partial charge in [0.2, 0.25) is 0 Å². The Morgan fingerprint density at radius 1 is 1.38 bits per heavy atom. The lowest BCUT2D eigenvalue weighted by Gasteiger charge is -1.92. The fourth-order valence-corrected chi connectivity index (χ4v) is 0.793. The van der Waals surface area contributed by atoms with Crippen LogP contribution in [0.2, 0.25) is 0 Å². The molecular weight excluding hydrogens is 158 g/mol. The van der Waals surface area contributed by atoms with Crippen LogP contribution >= 0.6 is 0 Å². The first-order valence-electron chi connectivity index (χ1n) is 4.68. The minimum absolute atomic E-state index is 0.726. The van der Waals surface area contributed by atoms with Crippen molar-refractivity contribution in [3.05, 3.63) is 35.5 Å². The van der Waals surface area contributed by atoms with Gasteiger partial charge in [0, 0.05) is 0 Å². The molecular formula is C12H17N. The topological polar surface area (TPSA) is 23.8 Å². The van der Waals surface area contributed by atoms with Crippen LogP contribution in [0.1, 0.15) is 33.6 Å². The molecule has 0 aliphatic carbocycles. The van der Waals surface area contributed by atoms with Gasteiger partial charge in [0.1, 0.15) is 0 Å². The summed E-state index contributed by atoms with van der Waals surface area (Å²) < 4.78 is 0. The Kier molecular flexibility index (Phi) is 6.63. The van der Waals surface area contributed by atoms with E-state index in [1.54, 1.807) is 0 Å². The molecule has 0 aliphatic heterocycles. The highest BCUT2D eigenvalue weighted by Gasteiger charge is 1.88. The molecule has 0 fully saturated rings. The summed E-state index contributed by atoms with van der Waals surface area (Å²) in [7, 11) is 0. The first kappa shape index (κ1) is 11.7. The van der Waals surface area contributed by atoms with Crippen LogP contribution in [0.15, 0.2) is 35.5 Å². The molecule has 0 unspecified atom stereocenters. The number of rotatable bonds is 4. The Labute approximate surface area is 81.1 Å². The molecule has 0 aromatic heterocycles. The van der Waals surface area contributed by atoms with E-state index in [1.165, 1.54) is 5.57 Å². The molecule has 13 heavy (non-hydrogen) atoms. The number of allylic oxidation sites excluding steroid dienone is 6. The second kappa shape index (κ2) is 7.36. The van der Waals surface area contributed by atoms with Crippen molar-refractivity contribution in [2.45, 2.75) is 33.6 Å². The van der Waals surface area contributed by atoms with Gasteiger partial charge in [-0.15, -0.1) is 0 Å². The normalized spacial score (nSPS) is 13.4. The third kappa shape index (κ3) is 5.93. The van der Waals surface area contributed by atoms with Crippen LogP contribution < -0.4 is 0 Å². The van der Waals surface area contributed by atoms with E-state index in [4.69, 9.17) is 5.26 Å². The second-order valence-electron chi connectivity index (χ2n) is 2.91. The van der Waals surface area contributed by atoms with E-state index >= 15 is 0 Å². The molecule has 1 heteroatoms. The molecule has 0 aliphatic rings. The fraction of sp³-hybridized carbons (Fsp3) is 0.417. The summed E-state index contributed by atoms with van der Waals surface area (Å²) in [6.45, 7) is 6.20. The minimum atomic E-state index is 0.726. The molecule has 0 saturated heterocycles. The summed E-state index contributed by atoms with van der Waals surface area (Å²) in [5.41, 5.74) is 1.96. The first-order chi connectivity index (χ1) is 6.24. The minimum Gasteiger partial charge on any atom is -0.192 e.